The highest BCUT2D eigenvalue weighted by Gasteiger charge is 2.27. The molecule has 1 unspecified atom stereocenters. The third-order valence-electron chi connectivity index (χ3n) is 5.15. The summed E-state index contributed by atoms with van der Waals surface area (Å²) in [4.78, 5) is 26.1. The van der Waals surface area contributed by atoms with Gasteiger partial charge in [-0.25, -0.2) is 22.0 Å². The predicted molar refractivity (Wildman–Crippen MR) is 131 cm³/mol. The number of halogens is 5. The number of thioether (sulfide) groups is 1. The smallest absolute Gasteiger partial charge is 0.255 e. The third kappa shape index (κ3) is 6.15. The van der Waals surface area contributed by atoms with Gasteiger partial charge in [0, 0.05) is 22.2 Å². The molecule has 0 bridgehead atoms. The number of amides is 2. The fraction of sp³-hybridized carbons (Fsp3) is 0.0370. The van der Waals surface area contributed by atoms with Gasteiger partial charge in [0.1, 0.15) is 16.8 Å². The molecule has 188 valence electrons. The summed E-state index contributed by atoms with van der Waals surface area (Å²) < 4.78 is 68.7. The summed E-state index contributed by atoms with van der Waals surface area (Å²) in [5.74, 6) is -8.66. The van der Waals surface area contributed by atoms with Crippen LogP contribution in [0.4, 0.5) is 33.3 Å². The number of carbonyl (C=O) groups excluding carboxylic acids is 2. The van der Waals surface area contributed by atoms with E-state index in [2.05, 4.69) is 5.32 Å². The second-order valence-electron chi connectivity index (χ2n) is 7.73. The Hall–Kier alpha value is -4.18. The standard InChI is InChI=1S/C27H17F5N2O2S/c28-17-11-9-16(10-12-17)26(35)33-18-7-4-8-19(13-18)37-25(15-5-2-1-3-6-15)27(36)34-24-22(31)20(29)14-21(30)23(24)32/h1-14,25H,(H,33,35)(H,34,36). The molecule has 2 amide bonds. The van der Waals surface area contributed by atoms with Crippen LogP contribution in [0.2, 0.25) is 0 Å². The van der Waals surface area contributed by atoms with E-state index in [4.69, 9.17) is 0 Å². The van der Waals surface area contributed by atoms with Crippen molar-refractivity contribution < 1.29 is 31.5 Å². The first kappa shape index (κ1) is 25.9. The van der Waals surface area contributed by atoms with E-state index in [0.29, 0.717) is 16.1 Å². The van der Waals surface area contributed by atoms with E-state index in [0.717, 1.165) is 23.9 Å². The first-order chi connectivity index (χ1) is 17.7. The lowest BCUT2D eigenvalue weighted by Gasteiger charge is -2.18. The molecular formula is C27H17F5N2O2S. The Morgan fingerprint density at radius 3 is 2.00 bits per heavy atom. The molecular weight excluding hydrogens is 511 g/mol. The normalized spacial score (nSPS) is 11.6. The van der Waals surface area contributed by atoms with Crippen molar-refractivity contribution in [2.24, 2.45) is 0 Å². The predicted octanol–water partition coefficient (Wildman–Crippen LogP) is 7.11. The molecule has 0 aliphatic carbocycles. The van der Waals surface area contributed by atoms with Crippen LogP contribution in [0.1, 0.15) is 21.2 Å². The minimum Gasteiger partial charge on any atom is -0.322 e. The Kier molecular flexibility index (Phi) is 7.88. The van der Waals surface area contributed by atoms with Crippen LogP contribution in [0.15, 0.2) is 89.8 Å². The molecule has 1 atom stereocenters. The molecule has 0 spiro atoms. The molecule has 0 heterocycles. The highest BCUT2D eigenvalue weighted by molar-refractivity contribution is 8.00. The molecule has 4 rings (SSSR count). The Morgan fingerprint density at radius 1 is 0.703 bits per heavy atom. The molecule has 4 nitrogen and oxygen atoms in total. The molecule has 10 heteroatoms. The fourth-order valence-corrected chi connectivity index (χ4v) is 4.44. The van der Waals surface area contributed by atoms with Crippen LogP contribution in [-0.4, -0.2) is 11.8 Å². The number of hydrogen-bond acceptors (Lipinski definition) is 3. The summed E-state index contributed by atoms with van der Waals surface area (Å²) in [5.41, 5.74) is -0.184. The highest BCUT2D eigenvalue weighted by atomic mass is 32.2. The molecule has 0 radical (unpaired) electrons. The van der Waals surface area contributed by atoms with Crippen molar-refractivity contribution in [2.75, 3.05) is 10.6 Å². The van der Waals surface area contributed by atoms with Crippen LogP contribution in [0, 0.1) is 29.1 Å². The number of anilines is 2. The zero-order valence-electron chi connectivity index (χ0n) is 18.8. The minimum atomic E-state index is -1.73. The van der Waals surface area contributed by atoms with Gasteiger partial charge in [0.25, 0.3) is 5.91 Å². The average molecular weight is 529 g/mol. The number of hydrogen-bond donors (Lipinski definition) is 2. The maximum absolute atomic E-state index is 14.2. The van der Waals surface area contributed by atoms with Gasteiger partial charge >= 0.3 is 0 Å². The minimum absolute atomic E-state index is 0.0511. The molecule has 0 saturated carbocycles. The second-order valence-corrected chi connectivity index (χ2v) is 8.91. The highest BCUT2D eigenvalue weighted by Crippen LogP contribution is 2.38. The number of carbonyl (C=O) groups is 2. The van der Waals surface area contributed by atoms with Gasteiger partial charge in [-0.2, -0.15) is 0 Å². The van der Waals surface area contributed by atoms with E-state index in [-0.39, 0.29) is 11.6 Å². The van der Waals surface area contributed by atoms with Crippen LogP contribution in [0.25, 0.3) is 0 Å². The van der Waals surface area contributed by atoms with E-state index >= 15 is 0 Å². The zero-order valence-corrected chi connectivity index (χ0v) is 19.6. The van der Waals surface area contributed by atoms with Gasteiger partial charge in [0.2, 0.25) is 5.91 Å². The number of benzene rings is 4. The molecule has 37 heavy (non-hydrogen) atoms. The maximum atomic E-state index is 14.2. The fourth-order valence-electron chi connectivity index (χ4n) is 3.36. The van der Waals surface area contributed by atoms with Gasteiger partial charge in [-0.1, -0.05) is 36.4 Å². The Balaban J connectivity index is 1.59. The molecule has 2 N–H and O–H groups in total. The van der Waals surface area contributed by atoms with Gasteiger partial charge in [0.15, 0.2) is 23.3 Å². The summed E-state index contributed by atoms with van der Waals surface area (Å²) in [5, 5.41) is 3.54. The van der Waals surface area contributed by atoms with E-state index in [1.165, 1.54) is 12.1 Å². The van der Waals surface area contributed by atoms with E-state index < -0.39 is 51.8 Å². The topological polar surface area (TPSA) is 58.2 Å². The number of rotatable bonds is 7. The number of nitrogens with one attached hydrogen (secondary N) is 2. The lowest BCUT2D eigenvalue weighted by Crippen LogP contribution is -2.21. The van der Waals surface area contributed by atoms with Crippen molar-refractivity contribution in [1.82, 2.24) is 0 Å². The summed E-state index contributed by atoms with van der Waals surface area (Å²) in [6.45, 7) is 0. The quantitative estimate of drug-likeness (QED) is 0.153. The Morgan fingerprint density at radius 2 is 1.35 bits per heavy atom. The van der Waals surface area contributed by atoms with Crippen LogP contribution in [0.5, 0.6) is 0 Å². The Bertz CT molecular complexity index is 1420. The van der Waals surface area contributed by atoms with Gasteiger partial charge in [0.05, 0.1) is 0 Å². The monoisotopic (exact) mass is 528 g/mol. The first-order valence-corrected chi connectivity index (χ1v) is 11.6. The lowest BCUT2D eigenvalue weighted by atomic mass is 10.1. The van der Waals surface area contributed by atoms with Gasteiger partial charge in [-0.05, 0) is 48.0 Å². The van der Waals surface area contributed by atoms with Gasteiger partial charge < -0.3 is 10.6 Å². The van der Waals surface area contributed by atoms with Crippen LogP contribution < -0.4 is 10.6 Å². The van der Waals surface area contributed by atoms with E-state index in [1.807, 2.05) is 5.32 Å². The van der Waals surface area contributed by atoms with Crippen molar-refractivity contribution in [3.63, 3.8) is 0 Å². The van der Waals surface area contributed by atoms with Crippen LogP contribution in [0.3, 0.4) is 0 Å². The lowest BCUT2D eigenvalue weighted by molar-refractivity contribution is -0.115. The van der Waals surface area contributed by atoms with Crippen molar-refractivity contribution in [1.29, 1.82) is 0 Å². The molecule has 0 aliphatic heterocycles. The molecule has 4 aromatic rings. The average Bonchev–Trinajstić information content (AvgIpc) is 2.89. The second kappa shape index (κ2) is 11.3. The van der Waals surface area contributed by atoms with E-state index in [9.17, 15) is 31.5 Å². The SMILES string of the molecule is O=C(Nc1cccc(SC(C(=O)Nc2c(F)c(F)cc(F)c2F)c2ccccc2)c1)c1ccc(F)cc1. The van der Waals surface area contributed by atoms with Crippen LogP contribution in [-0.2, 0) is 4.79 Å². The van der Waals surface area contributed by atoms with Crippen molar-refractivity contribution in [3.8, 4) is 0 Å². The summed E-state index contributed by atoms with van der Waals surface area (Å²) in [6, 6.07) is 19.7. The molecule has 0 aromatic heterocycles. The molecule has 0 fully saturated rings. The largest absolute Gasteiger partial charge is 0.322 e. The van der Waals surface area contributed by atoms with Crippen molar-refractivity contribution >= 4 is 35.0 Å². The van der Waals surface area contributed by atoms with Gasteiger partial charge in [-0.3, -0.25) is 9.59 Å². The summed E-state index contributed by atoms with van der Waals surface area (Å²) >= 11 is 0.983. The first-order valence-electron chi connectivity index (χ1n) is 10.8. The van der Waals surface area contributed by atoms with Crippen molar-refractivity contribution in [2.45, 2.75) is 10.1 Å². The molecule has 0 aliphatic rings. The molecule has 0 saturated heterocycles. The van der Waals surface area contributed by atoms with E-state index in [1.54, 1.807) is 54.6 Å². The zero-order chi connectivity index (χ0) is 26.5. The summed E-state index contributed by atoms with van der Waals surface area (Å²) in [6.07, 6.45) is 0. The van der Waals surface area contributed by atoms with Crippen molar-refractivity contribution in [3.05, 3.63) is 125 Å². The maximum Gasteiger partial charge on any atom is 0.255 e. The Labute approximate surface area is 212 Å². The van der Waals surface area contributed by atoms with Crippen LogP contribution >= 0.6 is 11.8 Å². The third-order valence-corrected chi connectivity index (χ3v) is 6.40. The van der Waals surface area contributed by atoms with Gasteiger partial charge in [-0.15, -0.1) is 11.8 Å². The summed E-state index contributed by atoms with van der Waals surface area (Å²) in [7, 11) is 0. The molecule has 4 aromatic carbocycles.